The van der Waals surface area contributed by atoms with Crippen LogP contribution in [0.4, 0.5) is 0 Å². The van der Waals surface area contributed by atoms with Gasteiger partial charge in [-0.05, 0) is 51.5 Å². The molecule has 0 radical (unpaired) electrons. The Hall–Kier alpha value is -3.54. The molecule has 4 aromatic rings. The Morgan fingerprint density at radius 2 is 1.72 bits per heavy atom. The molecule has 0 aliphatic carbocycles. The second kappa shape index (κ2) is 7.47. The zero-order chi connectivity index (χ0) is 20.5. The average molecular weight is 387 g/mol. The third kappa shape index (κ3) is 3.61. The van der Waals surface area contributed by atoms with Crippen molar-refractivity contribution in [1.29, 1.82) is 0 Å². The molecule has 0 amide bonds. The largest absolute Gasteiger partial charge is 0.449 e. The minimum absolute atomic E-state index is 0.248. The molecule has 146 valence electrons. The van der Waals surface area contributed by atoms with Gasteiger partial charge < -0.3 is 9.15 Å². The second-order valence-corrected chi connectivity index (χ2v) is 7.07. The average Bonchev–Trinajstić information content (AvgIpc) is 3.19. The minimum atomic E-state index is -0.681. The first kappa shape index (κ1) is 18.8. The molecule has 0 aliphatic rings. The van der Waals surface area contributed by atoms with Gasteiger partial charge >= 0.3 is 5.97 Å². The highest BCUT2D eigenvalue weighted by molar-refractivity contribution is 5.98. The fourth-order valence-corrected chi connectivity index (χ4v) is 3.31. The van der Waals surface area contributed by atoms with E-state index in [1.54, 1.807) is 6.92 Å². The summed E-state index contributed by atoms with van der Waals surface area (Å²) in [5.74, 6) is 0.182. The molecule has 1 atom stereocenters. The summed E-state index contributed by atoms with van der Waals surface area (Å²) >= 11 is 0. The summed E-state index contributed by atoms with van der Waals surface area (Å²) in [6, 6.07) is 15.5. The normalized spacial score (nSPS) is 12.1. The number of carbonyl (C=O) groups is 1. The van der Waals surface area contributed by atoms with Crippen molar-refractivity contribution in [2.45, 2.75) is 33.8 Å². The SMILES string of the molecule is Cc1ccc(-c2nnc([C@H](C)OC(=O)c3c(C)nc4ccccc4c3C)o2)cc1. The number of rotatable bonds is 4. The first-order valence-corrected chi connectivity index (χ1v) is 9.41. The Morgan fingerprint density at radius 1 is 1.00 bits per heavy atom. The molecule has 0 aliphatic heterocycles. The Kier molecular flexibility index (Phi) is 4.84. The molecule has 0 bridgehead atoms. The summed E-state index contributed by atoms with van der Waals surface area (Å²) in [4.78, 5) is 17.4. The van der Waals surface area contributed by atoms with Crippen LogP contribution in [0, 0.1) is 20.8 Å². The molecule has 2 aromatic carbocycles. The number of hydrogen-bond donors (Lipinski definition) is 0. The molecule has 6 nitrogen and oxygen atoms in total. The highest BCUT2D eigenvalue weighted by Gasteiger charge is 2.23. The van der Waals surface area contributed by atoms with Crippen molar-refractivity contribution in [3.63, 3.8) is 0 Å². The fourth-order valence-electron chi connectivity index (χ4n) is 3.31. The van der Waals surface area contributed by atoms with Crippen molar-refractivity contribution < 1.29 is 13.9 Å². The van der Waals surface area contributed by atoms with E-state index in [0.717, 1.165) is 27.6 Å². The highest BCUT2D eigenvalue weighted by Crippen LogP contribution is 2.27. The van der Waals surface area contributed by atoms with Gasteiger partial charge in [0.05, 0.1) is 16.8 Å². The molecule has 0 fully saturated rings. The van der Waals surface area contributed by atoms with Gasteiger partial charge in [0.1, 0.15) is 0 Å². The van der Waals surface area contributed by atoms with Crippen molar-refractivity contribution in [3.05, 3.63) is 76.8 Å². The van der Waals surface area contributed by atoms with Crippen molar-refractivity contribution in [2.75, 3.05) is 0 Å². The third-order valence-electron chi connectivity index (χ3n) is 4.91. The molecule has 0 saturated heterocycles. The Balaban J connectivity index is 1.58. The van der Waals surface area contributed by atoms with E-state index in [2.05, 4.69) is 15.2 Å². The first-order valence-electron chi connectivity index (χ1n) is 9.41. The van der Waals surface area contributed by atoms with E-state index in [4.69, 9.17) is 9.15 Å². The number of para-hydroxylation sites is 1. The standard InChI is InChI=1S/C23H21N3O3/c1-13-9-11-17(12-10-13)22-26-25-21(29-22)16(4)28-23(27)20-14(2)18-7-5-6-8-19(18)24-15(20)3/h5-12,16H,1-4H3/t16-/m0/s1. The molecule has 0 unspecified atom stereocenters. The lowest BCUT2D eigenvalue weighted by Crippen LogP contribution is -2.13. The number of hydrogen-bond acceptors (Lipinski definition) is 6. The Morgan fingerprint density at radius 3 is 2.48 bits per heavy atom. The van der Waals surface area contributed by atoms with Crippen LogP contribution in [0.5, 0.6) is 0 Å². The van der Waals surface area contributed by atoms with Crippen LogP contribution in [-0.2, 0) is 4.74 Å². The van der Waals surface area contributed by atoms with E-state index < -0.39 is 12.1 Å². The molecule has 4 rings (SSSR count). The first-order chi connectivity index (χ1) is 13.9. The van der Waals surface area contributed by atoms with E-state index >= 15 is 0 Å². The zero-order valence-corrected chi connectivity index (χ0v) is 16.8. The Labute approximate surface area is 168 Å². The van der Waals surface area contributed by atoms with Crippen molar-refractivity contribution >= 4 is 16.9 Å². The maximum absolute atomic E-state index is 12.9. The number of pyridine rings is 1. The molecule has 0 N–H and O–H groups in total. The highest BCUT2D eigenvalue weighted by atomic mass is 16.6. The van der Waals surface area contributed by atoms with Crippen LogP contribution in [0.2, 0.25) is 0 Å². The minimum Gasteiger partial charge on any atom is -0.449 e. The Bertz CT molecular complexity index is 1200. The van der Waals surface area contributed by atoms with E-state index in [1.807, 2.05) is 69.3 Å². The lowest BCUT2D eigenvalue weighted by molar-refractivity contribution is 0.0278. The summed E-state index contributed by atoms with van der Waals surface area (Å²) in [5.41, 5.74) is 4.75. The molecule has 2 heterocycles. The molecular weight excluding hydrogens is 366 g/mol. The van der Waals surface area contributed by atoms with Crippen molar-refractivity contribution in [2.24, 2.45) is 0 Å². The lowest BCUT2D eigenvalue weighted by atomic mass is 10.0. The maximum Gasteiger partial charge on any atom is 0.341 e. The quantitative estimate of drug-likeness (QED) is 0.452. The third-order valence-corrected chi connectivity index (χ3v) is 4.91. The summed E-state index contributed by atoms with van der Waals surface area (Å²) in [7, 11) is 0. The summed E-state index contributed by atoms with van der Waals surface area (Å²) in [6.45, 7) is 7.43. The van der Waals surface area contributed by atoms with E-state index in [-0.39, 0.29) is 5.89 Å². The van der Waals surface area contributed by atoms with Crippen LogP contribution in [0.15, 0.2) is 52.9 Å². The van der Waals surface area contributed by atoms with Crippen molar-refractivity contribution in [3.8, 4) is 11.5 Å². The lowest BCUT2D eigenvalue weighted by Gasteiger charge is -2.14. The predicted octanol–water partition coefficient (Wildman–Crippen LogP) is 5.13. The van der Waals surface area contributed by atoms with Gasteiger partial charge in [-0.1, -0.05) is 35.9 Å². The van der Waals surface area contributed by atoms with Gasteiger partial charge in [-0.15, -0.1) is 10.2 Å². The predicted molar refractivity (Wildman–Crippen MR) is 110 cm³/mol. The van der Waals surface area contributed by atoms with Crippen LogP contribution < -0.4 is 0 Å². The number of carbonyl (C=O) groups excluding carboxylic acids is 1. The van der Waals surface area contributed by atoms with Crippen LogP contribution in [0.1, 0.15) is 46.1 Å². The number of aryl methyl sites for hydroxylation is 3. The van der Waals surface area contributed by atoms with Gasteiger partial charge in [0.25, 0.3) is 5.89 Å². The topological polar surface area (TPSA) is 78.1 Å². The summed E-state index contributed by atoms with van der Waals surface area (Å²) < 4.78 is 11.3. The van der Waals surface area contributed by atoms with Crippen LogP contribution >= 0.6 is 0 Å². The number of fused-ring (bicyclic) bond motifs is 1. The van der Waals surface area contributed by atoms with Gasteiger partial charge in [0.2, 0.25) is 5.89 Å². The van der Waals surface area contributed by atoms with E-state index in [9.17, 15) is 4.79 Å². The van der Waals surface area contributed by atoms with Gasteiger partial charge in [-0.2, -0.15) is 0 Å². The van der Waals surface area contributed by atoms with E-state index in [1.165, 1.54) is 0 Å². The molecular formula is C23H21N3O3. The summed E-state index contributed by atoms with van der Waals surface area (Å²) in [6.07, 6.45) is -0.681. The number of benzene rings is 2. The molecule has 0 spiro atoms. The van der Waals surface area contributed by atoms with Gasteiger partial charge in [0.15, 0.2) is 6.10 Å². The van der Waals surface area contributed by atoms with Gasteiger partial charge in [-0.25, -0.2) is 4.79 Å². The molecule has 29 heavy (non-hydrogen) atoms. The second-order valence-electron chi connectivity index (χ2n) is 7.07. The molecule has 0 saturated carbocycles. The fraction of sp³-hybridized carbons (Fsp3) is 0.217. The van der Waals surface area contributed by atoms with Crippen molar-refractivity contribution in [1.82, 2.24) is 15.2 Å². The monoisotopic (exact) mass is 387 g/mol. The van der Waals surface area contributed by atoms with Crippen LogP contribution in [0.3, 0.4) is 0 Å². The number of ether oxygens (including phenoxy) is 1. The summed E-state index contributed by atoms with van der Waals surface area (Å²) in [5, 5.41) is 9.05. The molecule has 6 heteroatoms. The maximum atomic E-state index is 12.9. The number of aromatic nitrogens is 3. The molecule has 2 aromatic heterocycles. The van der Waals surface area contributed by atoms with Crippen LogP contribution in [0.25, 0.3) is 22.4 Å². The van der Waals surface area contributed by atoms with Gasteiger partial charge in [0, 0.05) is 10.9 Å². The van der Waals surface area contributed by atoms with E-state index in [0.29, 0.717) is 17.1 Å². The number of nitrogens with zero attached hydrogens (tertiary/aromatic N) is 3. The zero-order valence-electron chi connectivity index (χ0n) is 16.8. The van der Waals surface area contributed by atoms with Gasteiger partial charge in [-0.3, -0.25) is 4.98 Å². The van der Waals surface area contributed by atoms with Crippen LogP contribution in [-0.4, -0.2) is 21.2 Å². The smallest absolute Gasteiger partial charge is 0.341 e. The number of esters is 1.